The Labute approximate surface area is 99.8 Å². The predicted octanol–water partition coefficient (Wildman–Crippen LogP) is 2.35. The summed E-state index contributed by atoms with van der Waals surface area (Å²) in [6.45, 7) is 1.54. The number of rotatable bonds is 2. The summed E-state index contributed by atoms with van der Waals surface area (Å²) in [4.78, 5) is 0.0696. The van der Waals surface area contributed by atoms with Crippen LogP contribution in [0.1, 0.15) is 24.8 Å². The van der Waals surface area contributed by atoms with Gasteiger partial charge in [-0.2, -0.15) is 5.26 Å². The van der Waals surface area contributed by atoms with Crippen LogP contribution in [-0.2, 0) is 9.84 Å². The maximum absolute atomic E-state index is 13.0. The van der Waals surface area contributed by atoms with Gasteiger partial charge in [0, 0.05) is 0 Å². The molecule has 0 amide bonds. The van der Waals surface area contributed by atoms with E-state index in [1.807, 2.05) is 6.07 Å². The van der Waals surface area contributed by atoms with Crippen molar-refractivity contribution in [3.63, 3.8) is 0 Å². The number of aryl methyl sites for hydroxylation is 1. The van der Waals surface area contributed by atoms with Crippen LogP contribution in [0.5, 0.6) is 0 Å². The van der Waals surface area contributed by atoms with Crippen molar-refractivity contribution in [2.75, 3.05) is 0 Å². The normalized spacial score (nSPS) is 18.2. The van der Waals surface area contributed by atoms with Crippen molar-refractivity contribution in [1.82, 2.24) is 0 Å². The smallest absolute Gasteiger partial charge is 0.197 e. The molecule has 90 valence electrons. The van der Waals surface area contributed by atoms with E-state index in [1.54, 1.807) is 6.92 Å². The van der Waals surface area contributed by atoms with Crippen LogP contribution in [0, 0.1) is 24.1 Å². The molecule has 0 aromatic heterocycles. The maximum Gasteiger partial charge on any atom is 0.197 e. The summed E-state index contributed by atoms with van der Waals surface area (Å²) in [6.07, 6.45) is 1.47. The van der Waals surface area contributed by atoms with Crippen molar-refractivity contribution in [2.45, 2.75) is 35.8 Å². The number of nitriles is 1. The van der Waals surface area contributed by atoms with E-state index in [0.717, 1.165) is 12.5 Å². The van der Waals surface area contributed by atoms with Crippen molar-refractivity contribution in [3.8, 4) is 6.07 Å². The van der Waals surface area contributed by atoms with E-state index in [4.69, 9.17) is 5.26 Å². The minimum Gasteiger partial charge on any atom is -0.222 e. The highest BCUT2D eigenvalue weighted by Crippen LogP contribution is 2.42. The summed E-state index contributed by atoms with van der Waals surface area (Å²) in [7, 11) is -3.69. The summed E-state index contributed by atoms with van der Waals surface area (Å²) < 4.78 is 36.4. The Bertz CT molecular complexity index is 597. The van der Waals surface area contributed by atoms with Gasteiger partial charge in [0.15, 0.2) is 14.6 Å². The molecule has 17 heavy (non-hydrogen) atoms. The van der Waals surface area contributed by atoms with E-state index in [-0.39, 0.29) is 4.90 Å². The molecule has 1 aliphatic rings. The number of benzene rings is 1. The van der Waals surface area contributed by atoms with Crippen LogP contribution in [0.3, 0.4) is 0 Å². The van der Waals surface area contributed by atoms with Gasteiger partial charge in [-0.25, -0.2) is 12.8 Å². The zero-order chi connectivity index (χ0) is 12.7. The van der Waals surface area contributed by atoms with Gasteiger partial charge in [0.1, 0.15) is 5.82 Å². The Morgan fingerprint density at radius 1 is 1.41 bits per heavy atom. The van der Waals surface area contributed by atoms with Crippen LogP contribution in [0.2, 0.25) is 0 Å². The molecule has 0 saturated heterocycles. The highest BCUT2D eigenvalue weighted by molar-refractivity contribution is 7.93. The van der Waals surface area contributed by atoms with Crippen molar-refractivity contribution in [3.05, 3.63) is 29.6 Å². The topological polar surface area (TPSA) is 57.9 Å². The van der Waals surface area contributed by atoms with Crippen LogP contribution in [-0.4, -0.2) is 13.2 Å². The quantitative estimate of drug-likeness (QED) is 0.760. The molecule has 5 heteroatoms. The van der Waals surface area contributed by atoms with Gasteiger partial charge in [0.25, 0.3) is 0 Å². The summed E-state index contributed by atoms with van der Waals surface area (Å²) in [5.41, 5.74) is 0.353. The number of hydrogen-bond donors (Lipinski definition) is 0. The average Bonchev–Trinajstić information content (AvgIpc) is 2.15. The molecule has 0 unspecified atom stereocenters. The first kappa shape index (κ1) is 12.1. The second-order valence-corrected chi connectivity index (χ2v) is 6.60. The first-order valence-corrected chi connectivity index (χ1v) is 6.83. The van der Waals surface area contributed by atoms with E-state index < -0.39 is 20.4 Å². The van der Waals surface area contributed by atoms with Gasteiger partial charge >= 0.3 is 0 Å². The highest BCUT2D eigenvalue weighted by atomic mass is 32.2. The number of sulfone groups is 1. The van der Waals surface area contributed by atoms with E-state index in [1.165, 1.54) is 12.1 Å². The molecule has 0 bridgehead atoms. The lowest BCUT2D eigenvalue weighted by molar-refractivity contribution is 0.406. The maximum atomic E-state index is 13.0. The zero-order valence-corrected chi connectivity index (χ0v) is 10.2. The van der Waals surface area contributed by atoms with Gasteiger partial charge in [-0.15, -0.1) is 0 Å². The molecule has 0 spiro atoms. The Balaban J connectivity index is 2.57. The van der Waals surface area contributed by atoms with E-state index in [0.29, 0.717) is 18.4 Å². The third kappa shape index (κ3) is 1.64. The second-order valence-electron chi connectivity index (χ2n) is 4.37. The third-order valence-corrected chi connectivity index (χ3v) is 5.87. The number of halogens is 1. The average molecular weight is 253 g/mol. The van der Waals surface area contributed by atoms with Gasteiger partial charge in [-0.1, -0.05) is 0 Å². The van der Waals surface area contributed by atoms with Crippen LogP contribution in [0.4, 0.5) is 4.39 Å². The fourth-order valence-electron chi connectivity index (χ4n) is 2.06. The molecule has 1 aromatic rings. The molecule has 0 radical (unpaired) electrons. The SMILES string of the molecule is Cc1cc(F)ccc1S(=O)(=O)C1(C#N)CCC1. The van der Waals surface area contributed by atoms with Crippen molar-refractivity contribution in [2.24, 2.45) is 0 Å². The molecule has 1 fully saturated rings. The molecule has 2 rings (SSSR count). The van der Waals surface area contributed by atoms with Crippen molar-refractivity contribution < 1.29 is 12.8 Å². The lowest BCUT2D eigenvalue weighted by Gasteiger charge is -2.34. The van der Waals surface area contributed by atoms with Crippen LogP contribution in [0.25, 0.3) is 0 Å². The fraction of sp³-hybridized carbons (Fsp3) is 0.417. The molecule has 0 heterocycles. The van der Waals surface area contributed by atoms with Gasteiger partial charge in [-0.05, 0) is 49.9 Å². The van der Waals surface area contributed by atoms with Crippen LogP contribution in [0.15, 0.2) is 23.1 Å². The first-order valence-electron chi connectivity index (χ1n) is 5.35. The van der Waals surface area contributed by atoms with Gasteiger partial charge in [0.2, 0.25) is 0 Å². The minimum atomic E-state index is -3.69. The standard InChI is InChI=1S/C12H12FNO2S/c1-9-7-10(13)3-4-11(9)17(15,16)12(8-14)5-2-6-12/h3-4,7H,2,5-6H2,1H3. The Morgan fingerprint density at radius 2 is 2.06 bits per heavy atom. The van der Waals surface area contributed by atoms with E-state index >= 15 is 0 Å². The molecule has 3 nitrogen and oxygen atoms in total. The second kappa shape index (κ2) is 3.81. The summed E-state index contributed by atoms with van der Waals surface area (Å²) in [5.74, 6) is -0.471. The lowest BCUT2D eigenvalue weighted by atomic mass is 9.86. The molecule has 1 aromatic carbocycles. The van der Waals surface area contributed by atoms with E-state index in [2.05, 4.69) is 0 Å². The zero-order valence-electron chi connectivity index (χ0n) is 9.40. The number of nitrogens with zero attached hydrogens (tertiary/aromatic N) is 1. The Morgan fingerprint density at radius 3 is 2.47 bits per heavy atom. The molecule has 0 N–H and O–H groups in total. The first-order chi connectivity index (χ1) is 7.93. The number of hydrogen-bond acceptors (Lipinski definition) is 3. The minimum absolute atomic E-state index is 0.0696. The predicted molar refractivity (Wildman–Crippen MR) is 60.5 cm³/mol. The summed E-state index contributed by atoms with van der Waals surface area (Å²) in [6, 6.07) is 5.45. The summed E-state index contributed by atoms with van der Waals surface area (Å²) >= 11 is 0. The molecular weight excluding hydrogens is 241 g/mol. The van der Waals surface area contributed by atoms with Gasteiger partial charge in [0.05, 0.1) is 11.0 Å². The highest BCUT2D eigenvalue weighted by Gasteiger charge is 2.50. The van der Waals surface area contributed by atoms with Crippen molar-refractivity contribution in [1.29, 1.82) is 5.26 Å². The monoisotopic (exact) mass is 253 g/mol. The van der Waals surface area contributed by atoms with Gasteiger partial charge < -0.3 is 0 Å². The lowest BCUT2D eigenvalue weighted by Crippen LogP contribution is -2.44. The summed E-state index contributed by atoms with van der Waals surface area (Å²) in [5, 5.41) is 9.08. The van der Waals surface area contributed by atoms with Crippen LogP contribution < -0.4 is 0 Å². The molecule has 0 aliphatic heterocycles. The third-order valence-electron chi connectivity index (χ3n) is 3.31. The molecular formula is C12H12FNO2S. The van der Waals surface area contributed by atoms with Crippen molar-refractivity contribution >= 4 is 9.84 Å². The fourth-order valence-corrected chi connectivity index (χ4v) is 4.16. The Hall–Kier alpha value is -1.41. The van der Waals surface area contributed by atoms with E-state index in [9.17, 15) is 12.8 Å². The Kier molecular flexibility index (Phi) is 2.70. The molecule has 1 aliphatic carbocycles. The largest absolute Gasteiger partial charge is 0.222 e. The van der Waals surface area contributed by atoms with Crippen LogP contribution >= 0.6 is 0 Å². The molecule has 0 atom stereocenters. The molecule has 1 saturated carbocycles. The van der Waals surface area contributed by atoms with Gasteiger partial charge in [-0.3, -0.25) is 0 Å².